The van der Waals surface area contributed by atoms with E-state index in [1.165, 1.54) is 0 Å². The van der Waals surface area contributed by atoms with Crippen molar-refractivity contribution < 1.29 is 18.8 Å². The van der Waals surface area contributed by atoms with Gasteiger partial charge < -0.3 is 19.3 Å². The highest BCUT2D eigenvalue weighted by molar-refractivity contribution is 5.93. The summed E-state index contributed by atoms with van der Waals surface area (Å²) in [6.07, 6.45) is 2.51. The Morgan fingerprint density at radius 2 is 2.29 bits per heavy atom. The van der Waals surface area contributed by atoms with Gasteiger partial charge >= 0.3 is 0 Å². The highest BCUT2D eigenvalue weighted by atomic mass is 16.5. The average molecular weight is 382 g/mol. The lowest BCUT2D eigenvalue weighted by atomic mass is 9.96. The van der Waals surface area contributed by atoms with Crippen molar-refractivity contribution in [3.05, 3.63) is 47.4 Å². The summed E-state index contributed by atoms with van der Waals surface area (Å²) in [6, 6.07) is 7.48. The second-order valence-corrected chi connectivity index (χ2v) is 6.88. The van der Waals surface area contributed by atoms with Crippen LogP contribution in [0.25, 0.3) is 11.3 Å². The zero-order valence-electron chi connectivity index (χ0n) is 16.1. The summed E-state index contributed by atoms with van der Waals surface area (Å²) in [4.78, 5) is 12.5. The Morgan fingerprint density at radius 3 is 3.04 bits per heavy atom. The van der Waals surface area contributed by atoms with E-state index in [-0.39, 0.29) is 17.5 Å². The molecule has 8 heteroatoms. The summed E-state index contributed by atoms with van der Waals surface area (Å²) in [7, 11) is 3.48. The molecule has 3 heterocycles. The Balaban J connectivity index is 1.38. The van der Waals surface area contributed by atoms with E-state index in [1.807, 2.05) is 32.2 Å². The van der Waals surface area contributed by atoms with E-state index < -0.39 is 0 Å². The van der Waals surface area contributed by atoms with Crippen LogP contribution in [0.4, 0.5) is 0 Å². The van der Waals surface area contributed by atoms with Gasteiger partial charge in [0.2, 0.25) is 0 Å². The van der Waals surface area contributed by atoms with Gasteiger partial charge in [0.1, 0.15) is 0 Å². The summed E-state index contributed by atoms with van der Waals surface area (Å²) in [5.41, 5.74) is 3.09. The molecule has 2 aromatic heterocycles. The first-order valence-electron chi connectivity index (χ1n) is 9.09. The molecule has 0 aliphatic carbocycles. The molecule has 146 valence electrons. The molecule has 0 radical (unpaired) electrons. The highest BCUT2D eigenvalue weighted by Gasteiger charge is 2.24. The van der Waals surface area contributed by atoms with Gasteiger partial charge in [0, 0.05) is 31.3 Å². The maximum absolute atomic E-state index is 12.5. The Labute approximate surface area is 162 Å². The summed E-state index contributed by atoms with van der Waals surface area (Å²) in [5.74, 6) is 1.96. The van der Waals surface area contributed by atoms with Crippen LogP contribution in [0.1, 0.15) is 21.7 Å². The fourth-order valence-electron chi connectivity index (χ4n) is 3.33. The number of carbonyl (C=O) groups excluding carboxylic acids is 1. The minimum Gasteiger partial charge on any atom is -0.493 e. The van der Waals surface area contributed by atoms with Gasteiger partial charge in [0.15, 0.2) is 23.0 Å². The molecule has 1 aliphatic heterocycles. The largest absolute Gasteiger partial charge is 0.493 e. The second kappa shape index (κ2) is 7.38. The molecular formula is C20H22N4O4. The van der Waals surface area contributed by atoms with Crippen LogP contribution in [0.5, 0.6) is 11.5 Å². The molecule has 28 heavy (non-hydrogen) atoms. The van der Waals surface area contributed by atoms with Gasteiger partial charge in [-0.2, -0.15) is 5.10 Å². The van der Waals surface area contributed by atoms with Gasteiger partial charge in [-0.3, -0.25) is 9.48 Å². The minimum absolute atomic E-state index is 0.176. The number of hydrogen-bond acceptors (Lipinski definition) is 6. The standard InChI is InChI=1S/C20H22N4O4/c1-12-15(10-22-24(12)2)18-8-16(23-28-18)20(25)21-9-13-7-14-5-4-6-17(26-3)19(14)27-11-13/h4-6,8,10,13H,7,9,11H2,1-3H3,(H,21,25)/t13-/m0/s1. The van der Waals surface area contributed by atoms with Crippen LogP contribution in [-0.2, 0) is 13.5 Å². The second-order valence-electron chi connectivity index (χ2n) is 6.88. The summed E-state index contributed by atoms with van der Waals surface area (Å²) in [5, 5.41) is 11.0. The third kappa shape index (κ3) is 3.33. The molecule has 1 atom stereocenters. The molecule has 0 spiro atoms. The van der Waals surface area contributed by atoms with E-state index in [2.05, 4.69) is 15.6 Å². The van der Waals surface area contributed by atoms with Crippen molar-refractivity contribution in [1.29, 1.82) is 0 Å². The number of methoxy groups -OCH3 is 1. The predicted molar refractivity (Wildman–Crippen MR) is 101 cm³/mol. The molecule has 0 bridgehead atoms. The number of ether oxygens (including phenoxy) is 2. The highest BCUT2D eigenvalue weighted by Crippen LogP contribution is 2.35. The summed E-state index contributed by atoms with van der Waals surface area (Å²) < 4.78 is 18.3. The van der Waals surface area contributed by atoms with Crippen LogP contribution in [0.15, 0.2) is 35.0 Å². The SMILES string of the molecule is COc1cccc2c1OC[C@H](CNC(=O)c1cc(-c3cnn(C)c3C)on1)C2. The number of fused-ring (bicyclic) bond motifs is 1. The summed E-state index contributed by atoms with van der Waals surface area (Å²) in [6.45, 7) is 2.94. The number of hydrogen-bond donors (Lipinski definition) is 1. The number of benzene rings is 1. The zero-order valence-corrected chi connectivity index (χ0v) is 16.1. The van der Waals surface area contributed by atoms with E-state index in [1.54, 1.807) is 24.1 Å². The lowest BCUT2D eigenvalue weighted by Crippen LogP contribution is -2.35. The molecule has 0 saturated heterocycles. The average Bonchev–Trinajstić information content (AvgIpc) is 3.32. The number of amides is 1. The van der Waals surface area contributed by atoms with E-state index >= 15 is 0 Å². The molecule has 8 nitrogen and oxygen atoms in total. The smallest absolute Gasteiger partial charge is 0.273 e. The minimum atomic E-state index is -0.270. The molecule has 1 amide bonds. The van der Waals surface area contributed by atoms with Crippen molar-refractivity contribution in [2.24, 2.45) is 13.0 Å². The predicted octanol–water partition coefficient (Wildman–Crippen LogP) is 2.37. The van der Waals surface area contributed by atoms with Crippen LogP contribution in [-0.4, -0.2) is 41.1 Å². The van der Waals surface area contributed by atoms with Gasteiger partial charge in [-0.05, 0) is 25.0 Å². The molecule has 1 N–H and O–H groups in total. The first kappa shape index (κ1) is 18.1. The molecule has 0 saturated carbocycles. The van der Waals surface area contributed by atoms with Crippen molar-refractivity contribution in [3.63, 3.8) is 0 Å². The zero-order chi connectivity index (χ0) is 19.7. The van der Waals surface area contributed by atoms with Crippen LogP contribution < -0.4 is 14.8 Å². The van der Waals surface area contributed by atoms with Crippen LogP contribution >= 0.6 is 0 Å². The lowest BCUT2D eigenvalue weighted by molar-refractivity contribution is 0.0929. The first-order chi connectivity index (χ1) is 13.6. The van der Waals surface area contributed by atoms with Crippen molar-refractivity contribution in [1.82, 2.24) is 20.3 Å². The maximum Gasteiger partial charge on any atom is 0.273 e. The van der Waals surface area contributed by atoms with Gasteiger partial charge in [0.25, 0.3) is 5.91 Å². The molecular weight excluding hydrogens is 360 g/mol. The molecule has 4 rings (SSSR count). The van der Waals surface area contributed by atoms with Crippen LogP contribution in [0.3, 0.4) is 0 Å². The van der Waals surface area contributed by atoms with E-state index in [0.717, 1.165) is 34.7 Å². The lowest BCUT2D eigenvalue weighted by Gasteiger charge is -2.26. The van der Waals surface area contributed by atoms with Gasteiger partial charge in [-0.1, -0.05) is 17.3 Å². The van der Waals surface area contributed by atoms with Gasteiger partial charge in [0.05, 0.1) is 25.5 Å². The number of para-hydroxylation sites is 1. The molecule has 3 aromatic rings. The van der Waals surface area contributed by atoms with Gasteiger partial charge in [-0.25, -0.2) is 0 Å². The first-order valence-corrected chi connectivity index (χ1v) is 9.09. The number of nitrogens with zero attached hydrogens (tertiary/aromatic N) is 3. The normalized spacial score (nSPS) is 15.6. The Hall–Kier alpha value is -3.29. The third-order valence-electron chi connectivity index (χ3n) is 5.05. The third-order valence-corrected chi connectivity index (χ3v) is 5.05. The van der Waals surface area contributed by atoms with Crippen molar-refractivity contribution in [3.8, 4) is 22.8 Å². The summed E-state index contributed by atoms with van der Waals surface area (Å²) >= 11 is 0. The van der Waals surface area contributed by atoms with Crippen molar-refractivity contribution in [2.45, 2.75) is 13.3 Å². The van der Waals surface area contributed by atoms with Crippen LogP contribution in [0.2, 0.25) is 0 Å². The Morgan fingerprint density at radius 1 is 1.43 bits per heavy atom. The molecule has 1 aromatic carbocycles. The fourth-order valence-corrected chi connectivity index (χ4v) is 3.33. The fraction of sp³-hybridized carbons (Fsp3) is 0.350. The van der Waals surface area contributed by atoms with E-state index in [4.69, 9.17) is 14.0 Å². The van der Waals surface area contributed by atoms with E-state index in [9.17, 15) is 4.79 Å². The van der Waals surface area contributed by atoms with Crippen LogP contribution in [0, 0.1) is 12.8 Å². The maximum atomic E-state index is 12.5. The van der Waals surface area contributed by atoms with Crippen molar-refractivity contribution in [2.75, 3.05) is 20.3 Å². The molecule has 0 fully saturated rings. The molecule has 0 unspecified atom stereocenters. The Kier molecular flexibility index (Phi) is 4.77. The Bertz CT molecular complexity index is 1010. The number of nitrogens with one attached hydrogen (secondary N) is 1. The molecule has 1 aliphatic rings. The number of rotatable bonds is 5. The quantitative estimate of drug-likeness (QED) is 0.728. The van der Waals surface area contributed by atoms with Crippen molar-refractivity contribution >= 4 is 5.91 Å². The number of aryl methyl sites for hydroxylation is 1. The monoisotopic (exact) mass is 382 g/mol. The number of carbonyl (C=O) groups is 1. The van der Waals surface area contributed by atoms with E-state index in [0.29, 0.717) is 18.9 Å². The topological polar surface area (TPSA) is 91.4 Å². The number of aromatic nitrogens is 3. The van der Waals surface area contributed by atoms with Gasteiger partial charge in [-0.15, -0.1) is 0 Å².